The van der Waals surface area contributed by atoms with Crippen LogP contribution in [0.1, 0.15) is 24.7 Å². The van der Waals surface area contributed by atoms with Crippen molar-refractivity contribution in [1.29, 1.82) is 0 Å². The molecule has 2 rings (SSSR count). The van der Waals surface area contributed by atoms with Gasteiger partial charge in [0.25, 0.3) is 0 Å². The monoisotopic (exact) mass is 224 g/mol. The van der Waals surface area contributed by atoms with Crippen LogP contribution in [0, 0.1) is 5.92 Å². The fraction of sp³-hybridized carbons (Fsp3) is 0.545. The lowest BCUT2D eigenvalue weighted by molar-refractivity contribution is 0.148. The maximum atomic E-state index is 11.3. The number of aliphatic hydroxyl groups excluding tert-OH is 1. The summed E-state index contributed by atoms with van der Waals surface area (Å²) in [6.45, 7) is 0.882. The van der Waals surface area contributed by atoms with Crippen LogP contribution in [0.4, 0.5) is 4.79 Å². The average molecular weight is 224 g/mol. The molecule has 5 heteroatoms. The van der Waals surface area contributed by atoms with Crippen molar-refractivity contribution in [3.8, 4) is 0 Å². The normalized spacial score (nSPS) is 16.8. The largest absolute Gasteiger partial charge is 0.467 e. The topological polar surface area (TPSA) is 74.5 Å². The molecule has 1 unspecified atom stereocenters. The summed E-state index contributed by atoms with van der Waals surface area (Å²) in [4.78, 5) is 11.3. The van der Waals surface area contributed by atoms with Crippen molar-refractivity contribution in [2.75, 3.05) is 13.1 Å². The number of aliphatic hydroxyl groups is 1. The predicted octanol–water partition coefficient (Wildman–Crippen LogP) is 1.02. The molecule has 2 amide bonds. The van der Waals surface area contributed by atoms with Gasteiger partial charge in [-0.3, -0.25) is 0 Å². The molecule has 1 aromatic rings. The lowest BCUT2D eigenvalue weighted by Crippen LogP contribution is -2.38. The molecule has 0 bridgehead atoms. The zero-order chi connectivity index (χ0) is 11.4. The summed E-state index contributed by atoms with van der Waals surface area (Å²) in [5.41, 5.74) is 0. The fourth-order valence-electron chi connectivity index (χ4n) is 1.39. The second-order valence-electron chi connectivity index (χ2n) is 4.07. The number of carbonyl (C=O) groups is 1. The molecule has 88 valence electrons. The molecule has 0 aliphatic heterocycles. The number of rotatable bonds is 5. The van der Waals surface area contributed by atoms with Gasteiger partial charge in [-0.1, -0.05) is 0 Å². The number of amides is 2. The maximum absolute atomic E-state index is 11.3. The Hall–Kier alpha value is -1.49. The SMILES string of the molecule is O=C(NCC1CC1)NCC(O)c1ccco1. The average Bonchev–Trinajstić information content (AvgIpc) is 2.95. The number of nitrogens with one attached hydrogen (secondary N) is 2. The van der Waals surface area contributed by atoms with Gasteiger partial charge >= 0.3 is 6.03 Å². The molecule has 1 aromatic heterocycles. The van der Waals surface area contributed by atoms with Gasteiger partial charge in [0.1, 0.15) is 11.9 Å². The quantitative estimate of drug-likeness (QED) is 0.699. The van der Waals surface area contributed by atoms with E-state index in [0.29, 0.717) is 11.7 Å². The van der Waals surface area contributed by atoms with E-state index in [-0.39, 0.29) is 12.6 Å². The molecule has 0 spiro atoms. The van der Waals surface area contributed by atoms with Crippen molar-refractivity contribution in [3.63, 3.8) is 0 Å². The van der Waals surface area contributed by atoms with Crippen molar-refractivity contribution in [3.05, 3.63) is 24.2 Å². The van der Waals surface area contributed by atoms with Gasteiger partial charge in [0.15, 0.2) is 0 Å². The first-order valence-electron chi connectivity index (χ1n) is 5.49. The third-order valence-electron chi connectivity index (χ3n) is 2.58. The highest BCUT2D eigenvalue weighted by molar-refractivity contribution is 5.73. The lowest BCUT2D eigenvalue weighted by atomic mass is 10.3. The van der Waals surface area contributed by atoms with E-state index in [0.717, 1.165) is 6.54 Å². The predicted molar refractivity (Wildman–Crippen MR) is 57.8 cm³/mol. The number of carbonyl (C=O) groups excluding carboxylic acids is 1. The molecule has 1 heterocycles. The van der Waals surface area contributed by atoms with Crippen LogP contribution in [-0.2, 0) is 0 Å². The second kappa shape index (κ2) is 5.03. The molecule has 0 saturated heterocycles. The molecule has 1 fully saturated rings. The van der Waals surface area contributed by atoms with Crippen LogP contribution in [0.15, 0.2) is 22.8 Å². The summed E-state index contributed by atoms with van der Waals surface area (Å²) in [6, 6.07) is 3.14. The first kappa shape index (κ1) is 11.0. The first-order valence-corrected chi connectivity index (χ1v) is 5.49. The number of furan rings is 1. The van der Waals surface area contributed by atoms with E-state index >= 15 is 0 Å². The number of urea groups is 1. The van der Waals surface area contributed by atoms with Crippen LogP contribution < -0.4 is 10.6 Å². The lowest BCUT2D eigenvalue weighted by Gasteiger charge is -2.10. The van der Waals surface area contributed by atoms with Crippen molar-refractivity contribution >= 4 is 6.03 Å². The maximum Gasteiger partial charge on any atom is 0.314 e. The zero-order valence-electron chi connectivity index (χ0n) is 8.98. The molecule has 1 saturated carbocycles. The summed E-state index contributed by atoms with van der Waals surface area (Å²) in [7, 11) is 0. The van der Waals surface area contributed by atoms with E-state index in [9.17, 15) is 9.90 Å². The Labute approximate surface area is 93.8 Å². The van der Waals surface area contributed by atoms with Gasteiger partial charge in [-0.2, -0.15) is 0 Å². The molecular weight excluding hydrogens is 208 g/mol. The third kappa shape index (κ3) is 3.27. The molecule has 5 nitrogen and oxygen atoms in total. The van der Waals surface area contributed by atoms with E-state index in [4.69, 9.17) is 4.42 Å². The number of hydrogen-bond acceptors (Lipinski definition) is 3. The van der Waals surface area contributed by atoms with Crippen molar-refractivity contribution in [2.45, 2.75) is 18.9 Å². The summed E-state index contributed by atoms with van der Waals surface area (Å²) < 4.78 is 5.01. The van der Waals surface area contributed by atoms with Crippen molar-refractivity contribution in [2.24, 2.45) is 5.92 Å². The standard InChI is InChI=1S/C11H16N2O3/c14-9(10-2-1-5-16-10)7-13-11(15)12-6-8-3-4-8/h1-2,5,8-9,14H,3-4,6-7H2,(H2,12,13,15). The Morgan fingerprint density at radius 3 is 3.00 bits per heavy atom. The minimum absolute atomic E-state index is 0.157. The Morgan fingerprint density at radius 1 is 1.56 bits per heavy atom. The molecule has 0 aromatic carbocycles. The van der Waals surface area contributed by atoms with Crippen LogP contribution in [-0.4, -0.2) is 24.2 Å². The van der Waals surface area contributed by atoms with Crippen molar-refractivity contribution in [1.82, 2.24) is 10.6 Å². The summed E-state index contributed by atoms with van der Waals surface area (Å²) in [6.07, 6.45) is 3.11. The van der Waals surface area contributed by atoms with Gasteiger partial charge in [-0.15, -0.1) is 0 Å². The van der Waals surface area contributed by atoms with Gasteiger partial charge in [0.05, 0.1) is 12.8 Å². The van der Waals surface area contributed by atoms with Crippen LogP contribution in [0.2, 0.25) is 0 Å². The summed E-state index contributed by atoms with van der Waals surface area (Å²) in [5, 5.41) is 15.0. The van der Waals surface area contributed by atoms with E-state index in [1.54, 1.807) is 12.1 Å². The van der Waals surface area contributed by atoms with E-state index < -0.39 is 6.10 Å². The molecular formula is C11H16N2O3. The van der Waals surface area contributed by atoms with Crippen molar-refractivity contribution < 1.29 is 14.3 Å². The van der Waals surface area contributed by atoms with Crippen LogP contribution >= 0.6 is 0 Å². The fourth-order valence-corrected chi connectivity index (χ4v) is 1.39. The van der Waals surface area contributed by atoms with Gasteiger partial charge in [-0.05, 0) is 30.9 Å². The van der Waals surface area contributed by atoms with Crippen LogP contribution in [0.3, 0.4) is 0 Å². The Kier molecular flexibility index (Phi) is 3.46. The Morgan fingerprint density at radius 2 is 2.38 bits per heavy atom. The van der Waals surface area contributed by atoms with E-state index in [1.165, 1.54) is 19.1 Å². The third-order valence-corrected chi connectivity index (χ3v) is 2.58. The van der Waals surface area contributed by atoms with Crippen LogP contribution in [0.5, 0.6) is 0 Å². The van der Waals surface area contributed by atoms with Gasteiger partial charge in [-0.25, -0.2) is 4.79 Å². The van der Waals surface area contributed by atoms with E-state index in [2.05, 4.69) is 10.6 Å². The van der Waals surface area contributed by atoms with Crippen LogP contribution in [0.25, 0.3) is 0 Å². The molecule has 1 aliphatic rings. The Bertz CT molecular complexity index is 333. The Balaban J connectivity index is 1.64. The second-order valence-corrected chi connectivity index (χ2v) is 4.07. The number of hydrogen-bond donors (Lipinski definition) is 3. The first-order chi connectivity index (χ1) is 7.75. The molecule has 1 aliphatic carbocycles. The zero-order valence-corrected chi connectivity index (χ0v) is 8.98. The smallest absolute Gasteiger partial charge is 0.314 e. The minimum atomic E-state index is -0.790. The molecule has 0 radical (unpaired) electrons. The highest BCUT2D eigenvalue weighted by atomic mass is 16.4. The summed E-state index contributed by atoms with van der Waals surface area (Å²) in [5.74, 6) is 1.11. The minimum Gasteiger partial charge on any atom is -0.467 e. The summed E-state index contributed by atoms with van der Waals surface area (Å²) >= 11 is 0. The highest BCUT2D eigenvalue weighted by Gasteiger charge is 2.21. The van der Waals surface area contributed by atoms with Gasteiger partial charge in [0.2, 0.25) is 0 Å². The van der Waals surface area contributed by atoms with Gasteiger partial charge in [0, 0.05) is 6.54 Å². The van der Waals surface area contributed by atoms with E-state index in [1.807, 2.05) is 0 Å². The molecule has 3 N–H and O–H groups in total. The molecule has 16 heavy (non-hydrogen) atoms. The highest BCUT2D eigenvalue weighted by Crippen LogP contribution is 2.27. The molecule has 1 atom stereocenters. The van der Waals surface area contributed by atoms with Gasteiger partial charge < -0.3 is 20.2 Å².